The minimum absolute atomic E-state index is 0.0934. The Morgan fingerprint density at radius 2 is 1.80 bits per heavy atom. The van der Waals surface area contributed by atoms with E-state index in [1.165, 1.54) is 4.90 Å². The number of nitrogens with one attached hydrogen (secondary N) is 1. The fraction of sp³-hybridized carbons (Fsp3) is 0.421. The maximum atomic E-state index is 12.6. The zero-order valence-corrected chi connectivity index (χ0v) is 14.8. The molecule has 130 valence electrons. The zero-order chi connectivity index (χ0) is 17.6. The summed E-state index contributed by atoms with van der Waals surface area (Å²) in [5, 5.41) is 2.87. The number of amides is 3. The Morgan fingerprint density at radius 1 is 1.16 bits per heavy atom. The van der Waals surface area contributed by atoms with E-state index < -0.39 is 0 Å². The Balaban J connectivity index is 1.38. The van der Waals surface area contributed by atoms with E-state index in [0.29, 0.717) is 0 Å². The van der Waals surface area contributed by atoms with Crippen molar-refractivity contribution >= 4 is 35.2 Å². The quantitative estimate of drug-likeness (QED) is 0.500. The van der Waals surface area contributed by atoms with Crippen molar-refractivity contribution < 1.29 is 14.4 Å². The third-order valence-corrected chi connectivity index (χ3v) is 6.30. The summed E-state index contributed by atoms with van der Waals surface area (Å²) in [6, 6.07) is 7.58. The lowest BCUT2D eigenvalue weighted by molar-refractivity contribution is -0.140. The normalized spacial score (nSPS) is 29.4. The number of carbonyl (C=O) groups excluding carboxylic acids is 3. The lowest BCUT2D eigenvalue weighted by Crippen LogP contribution is -2.35. The van der Waals surface area contributed by atoms with Crippen LogP contribution in [0.15, 0.2) is 41.3 Å². The predicted octanol–water partition coefficient (Wildman–Crippen LogP) is 2.54. The van der Waals surface area contributed by atoms with E-state index in [2.05, 4.69) is 17.5 Å². The van der Waals surface area contributed by atoms with Gasteiger partial charge in [0.05, 0.1) is 17.5 Å². The Hall–Kier alpha value is -2.08. The number of rotatable bonds is 5. The third kappa shape index (κ3) is 2.68. The molecule has 1 aliphatic heterocycles. The molecule has 1 saturated carbocycles. The number of para-hydroxylation sites is 1. The Bertz CT molecular complexity index is 746. The number of carbonyl (C=O) groups is 3. The largest absolute Gasteiger partial charge is 0.325 e. The van der Waals surface area contributed by atoms with E-state index in [1.807, 2.05) is 30.5 Å². The van der Waals surface area contributed by atoms with Crippen LogP contribution in [0.1, 0.15) is 12.8 Å². The van der Waals surface area contributed by atoms with Crippen molar-refractivity contribution in [1.29, 1.82) is 0 Å². The van der Waals surface area contributed by atoms with Gasteiger partial charge < -0.3 is 5.32 Å². The molecule has 0 unspecified atom stereocenters. The van der Waals surface area contributed by atoms with Gasteiger partial charge in [0, 0.05) is 17.9 Å². The van der Waals surface area contributed by atoms with Crippen LogP contribution in [0.5, 0.6) is 0 Å². The minimum Gasteiger partial charge on any atom is -0.325 e. The molecule has 0 spiro atoms. The molecule has 1 heterocycles. The van der Waals surface area contributed by atoms with Crippen LogP contribution in [0, 0.1) is 23.7 Å². The number of benzene rings is 1. The van der Waals surface area contributed by atoms with Crippen LogP contribution in [0.3, 0.4) is 0 Å². The van der Waals surface area contributed by atoms with Gasteiger partial charge in [0.2, 0.25) is 17.7 Å². The maximum absolute atomic E-state index is 12.6. The molecule has 3 amide bonds. The molecule has 5 nitrogen and oxygen atoms in total. The summed E-state index contributed by atoms with van der Waals surface area (Å²) in [5.74, 6) is -0.336. The third-order valence-electron chi connectivity index (χ3n) is 5.51. The summed E-state index contributed by atoms with van der Waals surface area (Å²) in [5.41, 5.74) is 0.762. The van der Waals surface area contributed by atoms with Gasteiger partial charge in [0.15, 0.2) is 0 Å². The highest BCUT2D eigenvalue weighted by Gasteiger charge is 2.58. The first-order chi connectivity index (χ1) is 12.1. The van der Waals surface area contributed by atoms with Crippen LogP contribution >= 0.6 is 11.8 Å². The van der Waals surface area contributed by atoms with Crippen LogP contribution in [0.2, 0.25) is 0 Å². The fourth-order valence-corrected chi connectivity index (χ4v) is 4.91. The molecule has 6 heteroatoms. The summed E-state index contributed by atoms with van der Waals surface area (Å²) >= 11 is 1.56. The number of thioether (sulfide) groups is 1. The number of imide groups is 1. The van der Waals surface area contributed by atoms with E-state index in [4.69, 9.17) is 0 Å². The second kappa shape index (κ2) is 6.33. The highest BCUT2D eigenvalue weighted by Crippen LogP contribution is 2.52. The lowest BCUT2D eigenvalue weighted by atomic mass is 9.85. The summed E-state index contributed by atoms with van der Waals surface area (Å²) in [6.45, 7) is 0.164. The van der Waals surface area contributed by atoms with Crippen molar-refractivity contribution in [3.05, 3.63) is 36.4 Å². The van der Waals surface area contributed by atoms with Gasteiger partial charge in [-0.15, -0.1) is 11.8 Å². The zero-order valence-electron chi connectivity index (χ0n) is 14.0. The van der Waals surface area contributed by atoms with E-state index >= 15 is 0 Å². The van der Waals surface area contributed by atoms with Crippen molar-refractivity contribution in [2.24, 2.45) is 23.7 Å². The molecule has 0 aromatic heterocycles. The van der Waals surface area contributed by atoms with Gasteiger partial charge in [0.25, 0.3) is 0 Å². The number of hydrogen-bond acceptors (Lipinski definition) is 4. The van der Waals surface area contributed by atoms with Gasteiger partial charge in [-0.25, -0.2) is 0 Å². The molecule has 25 heavy (non-hydrogen) atoms. The van der Waals surface area contributed by atoms with Crippen molar-refractivity contribution in [2.75, 3.05) is 18.1 Å². The SMILES string of the molecule is CSc1ccccc1NC(=O)CCN1C(=O)[C@@H]2[C@@H](C1=O)[C@H]1C=C[C@H]2C1. The summed E-state index contributed by atoms with van der Waals surface area (Å²) in [7, 11) is 0. The Morgan fingerprint density at radius 3 is 2.44 bits per heavy atom. The molecular formula is C19H20N2O3S. The van der Waals surface area contributed by atoms with Crippen LogP contribution in [0.25, 0.3) is 0 Å². The van der Waals surface area contributed by atoms with Crippen LogP contribution in [0.4, 0.5) is 5.69 Å². The first-order valence-electron chi connectivity index (χ1n) is 8.56. The molecule has 4 atom stereocenters. The van der Waals surface area contributed by atoms with Crippen LogP contribution < -0.4 is 5.32 Å². The number of anilines is 1. The molecular weight excluding hydrogens is 336 g/mol. The average Bonchev–Trinajstić information content (AvgIpc) is 3.28. The molecule has 0 radical (unpaired) electrons. The van der Waals surface area contributed by atoms with Gasteiger partial charge in [-0.1, -0.05) is 24.3 Å². The number of hydrogen-bond donors (Lipinski definition) is 1. The predicted molar refractivity (Wildman–Crippen MR) is 95.9 cm³/mol. The first kappa shape index (κ1) is 16.4. The van der Waals surface area contributed by atoms with Crippen molar-refractivity contribution in [3.8, 4) is 0 Å². The van der Waals surface area contributed by atoms with Crippen molar-refractivity contribution in [3.63, 3.8) is 0 Å². The van der Waals surface area contributed by atoms with E-state index in [9.17, 15) is 14.4 Å². The maximum Gasteiger partial charge on any atom is 0.233 e. The highest BCUT2D eigenvalue weighted by atomic mass is 32.2. The molecule has 2 bridgehead atoms. The number of allylic oxidation sites excluding steroid dienone is 2. The number of fused-ring (bicyclic) bond motifs is 5. The Kier molecular flexibility index (Phi) is 4.15. The first-order valence-corrected chi connectivity index (χ1v) is 9.79. The van der Waals surface area contributed by atoms with E-state index in [1.54, 1.807) is 11.8 Å². The fourth-order valence-electron chi connectivity index (χ4n) is 4.36. The van der Waals surface area contributed by atoms with Gasteiger partial charge in [-0.2, -0.15) is 0 Å². The average molecular weight is 356 g/mol. The molecule has 3 aliphatic rings. The van der Waals surface area contributed by atoms with Gasteiger partial charge >= 0.3 is 0 Å². The van der Waals surface area contributed by atoms with E-state index in [-0.39, 0.29) is 54.4 Å². The topological polar surface area (TPSA) is 66.5 Å². The van der Waals surface area contributed by atoms with E-state index in [0.717, 1.165) is 17.0 Å². The summed E-state index contributed by atoms with van der Waals surface area (Å²) < 4.78 is 0. The molecule has 1 aromatic carbocycles. The standard InChI is InChI=1S/C19H20N2O3S/c1-25-14-5-3-2-4-13(14)20-15(22)8-9-21-18(23)16-11-6-7-12(10-11)17(16)19(21)24/h2-7,11-12,16-17H,8-10H2,1H3,(H,20,22)/t11-,12-,16-,17-/m0/s1. The number of likely N-dealkylation sites (tertiary alicyclic amines) is 1. The van der Waals surface area contributed by atoms with Gasteiger partial charge in [0.1, 0.15) is 0 Å². The Labute approximate surface area is 150 Å². The molecule has 1 aromatic rings. The van der Waals surface area contributed by atoms with Gasteiger partial charge in [-0.3, -0.25) is 19.3 Å². The number of nitrogens with zero attached hydrogens (tertiary/aromatic N) is 1. The summed E-state index contributed by atoms with van der Waals surface area (Å²) in [6.07, 6.45) is 7.15. The molecule has 1 N–H and O–H groups in total. The lowest BCUT2D eigenvalue weighted by Gasteiger charge is -2.17. The second-order valence-electron chi connectivity index (χ2n) is 6.83. The smallest absolute Gasteiger partial charge is 0.233 e. The molecule has 4 rings (SSSR count). The highest BCUT2D eigenvalue weighted by molar-refractivity contribution is 7.98. The van der Waals surface area contributed by atoms with Crippen molar-refractivity contribution in [1.82, 2.24) is 4.90 Å². The molecule has 2 aliphatic carbocycles. The van der Waals surface area contributed by atoms with Crippen LogP contribution in [-0.4, -0.2) is 35.4 Å². The molecule has 1 saturated heterocycles. The second-order valence-corrected chi connectivity index (χ2v) is 7.67. The van der Waals surface area contributed by atoms with Crippen molar-refractivity contribution in [2.45, 2.75) is 17.7 Å². The molecule has 2 fully saturated rings. The summed E-state index contributed by atoms with van der Waals surface area (Å²) in [4.78, 5) is 39.7. The van der Waals surface area contributed by atoms with Gasteiger partial charge in [-0.05, 0) is 36.6 Å². The van der Waals surface area contributed by atoms with Crippen LogP contribution in [-0.2, 0) is 14.4 Å². The minimum atomic E-state index is -0.192. The monoisotopic (exact) mass is 356 g/mol.